The average molecular weight is 202 g/mol. The van der Waals surface area contributed by atoms with Crippen molar-refractivity contribution in [3.8, 4) is 0 Å². The van der Waals surface area contributed by atoms with Crippen LogP contribution in [0.1, 0.15) is 20.8 Å². The fraction of sp³-hybridized carbons (Fsp3) is 0.214. The Kier molecular flexibility index (Phi) is 6.90. The first-order valence-corrected chi connectivity index (χ1v) is 4.87. The van der Waals surface area contributed by atoms with Gasteiger partial charge in [0, 0.05) is 0 Å². The van der Waals surface area contributed by atoms with Crippen LogP contribution in [-0.4, -0.2) is 6.29 Å². The van der Waals surface area contributed by atoms with Crippen molar-refractivity contribution >= 4 is 6.29 Å². The molecule has 0 N–H and O–H groups in total. The van der Waals surface area contributed by atoms with Crippen molar-refractivity contribution in [1.82, 2.24) is 0 Å². The lowest BCUT2D eigenvalue weighted by Gasteiger charge is -1.88. The molecule has 15 heavy (non-hydrogen) atoms. The third-order valence-electron chi connectivity index (χ3n) is 1.64. The van der Waals surface area contributed by atoms with E-state index in [4.69, 9.17) is 0 Å². The van der Waals surface area contributed by atoms with Crippen LogP contribution in [0.2, 0.25) is 0 Å². The largest absolute Gasteiger partial charge is 0.298 e. The SMILES string of the molecule is C=C(C)C=CC=C(C)C=CC=C(C)C=O. The zero-order chi connectivity index (χ0) is 11.7. The highest BCUT2D eigenvalue weighted by atomic mass is 16.1. The fourth-order valence-electron chi connectivity index (χ4n) is 0.811. The highest BCUT2D eigenvalue weighted by Crippen LogP contribution is 1.98. The molecule has 80 valence electrons. The number of allylic oxidation sites excluding steroid dienone is 9. The maximum atomic E-state index is 10.3. The predicted octanol–water partition coefficient (Wildman–Crippen LogP) is 3.77. The molecule has 0 atom stereocenters. The lowest BCUT2D eigenvalue weighted by molar-refractivity contribution is -0.104. The number of carbonyl (C=O) groups is 1. The van der Waals surface area contributed by atoms with Gasteiger partial charge in [0.1, 0.15) is 6.29 Å². The average Bonchev–Trinajstić information content (AvgIpc) is 2.17. The summed E-state index contributed by atoms with van der Waals surface area (Å²) in [4.78, 5) is 10.3. The Morgan fingerprint density at radius 1 is 0.933 bits per heavy atom. The van der Waals surface area contributed by atoms with Crippen molar-refractivity contribution in [2.24, 2.45) is 0 Å². The van der Waals surface area contributed by atoms with Crippen LogP contribution < -0.4 is 0 Å². The standard InChI is InChI=1S/C14H18O/c1-12(2)7-5-8-13(3)9-6-10-14(4)11-15/h5-11H,1H2,2-4H3. The van der Waals surface area contributed by atoms with Crippen molar-refractivity contribution in [3.63, 3.8) is 0 Å². The van der Waals surface area contributed by atoms with Gasteiger partial charge in [0.05, 0.1) is 0 Å². The highest BCUT2D eigenvalue weighted by molar-refractivity contribution is 5.72. The van der Waals surface area contributed by atoms with Crippen LogP contribution >= 0.6 is 0 Å². The molecule has 0 aromatic carbocycles. The molecule has 0 aliphatic heterocycles. The Bertz CT molecular complexity index is 338. The number of carbonyl (C=O) groups excluding carboxylic acids is 1. The second-order valence-electron chi connectivity index (χ2n) is 3.50. The van der Waals surface area contributed by atoms with Crippen molar-refractivity contribution in [2.45, 2.75) is 20.8 Å². The molecule has 0 spiro atoms. The van der Waals surface area contributed by atoms with E-state index in [0.29, 0.717) is 0 Å². The maximum Gasteiger partial charge on any atom is 0.145 e. The van der Waals surface area contributed by atoms with Gasteiger partial charge in [-0.05, 0) is 26.3 Å². The minimum Gasteiger partial charge on any atom is -0.298 e. The van der Waals surface area contributed by atoms with Gasteiger partial charge < -0.3 is 0 Å². The molecule has 0 aromatic heterocycles. The lowest BCUT2D eigenvalue weighted by atomic mass is 10.2. The van der Waals surface area contributed by atoms with Crippen LogP contribution in [0.4, 0.5) is 0 Å². The summed E-state index contributed by atoms with van der Waals surface area (Å²) in [7, 11) is 0. The Morgan fingerprint density at radius 2 is 1.47 bits per heavy atom. The Balaban J connectivity index is 4.30. The predicted molar refractivity (Wildman–Crippen MR) is 66.7 cm³/mol. The zero-order valence-electron chi connectivity index (χ0n) is 9.66. The van der Waals surface area contributed by atoms with Crippen molar-refractivity contribution in [3.05, 3.63) is 59.8 Å². The van der Waals surface area contributed by atoms with Crippen molar-refractivity contribution in [2.75, 3.05) is 0 Å². The number of hydrogen-bond donors (Lipinski definition) is 0. The zero-order valence-corrected chi connectivity index (χ0v) is 9.66. The van der Waals surface area contributed by atoms with E-state index in [-0.39, 0.29) is 0 Å². The smallest absolute Gasteiger partial charge is 0.145 e. The van der Waals surface area contributed by atoms with E-state index >= 15 is 0 Å². The Labute approximate surface area is 92.2 Å². The van der Waals surface area contributed by atoms with E-state index in [0.717, 1.165) is 23.0 Å². The molecule has 0 aromatic rings. The topological polar surface area (TPSA) is 17.1 Å². The first kappa shape index (κ1) is 13.4. The van der Waals surface area contributed by atoms with Crippen molar-refractivity contribution in [1.29, 1.82) is 0 Å². The second kappa shape index (κ2) is 7.74. The first-order chi connectivity index (χ1) is 7.06. The lowest BCUT2D eigenvalue weighted by Crippen LogP contribution is -1.73. The van der Waals surface area contributed by atoms with Crippen LogP contribution in [0.5, 0.6) is 0 Å². The molecule has 0 aliphatic rings. The summed E-state index contributed by atoms with van der Waals surface area (Å²) < 4.78 is 0. The van der Waals surface area contributed by atoms with Crippen molar-refractivity contribution < 1.29 is 4.79 Å². The molecule has 1 nitrogen and oxygen atoms in total. The van der Waals surface area contributed by atoms with Crippen LogP contribution in [0.3, 0.4) is 0 Å². The summed E-state index contributed by atoms with van der Waals surface area (Å²) >= 11 is 0. The molecule has 0 amide bonds. The van der Waals surface area contributed by atoms with E-state index in [1.54, 1.807) is 13.0 Å². The molecule has 0 bridgehead atoms. The molecule has 1 heteroatoms. The van der Waals surface area contributed by atoms with Gasteiger partial charge in [-0.2, -0.15) is 0 Å². The van der Waals surface area contributed by atoms with E-state index in [2.05, 4.69) is 6.58 Å². The van der Waals surface area contributed by atoms with Gasteiger partial charge in [-0.3, -0.25) is 4.79 Å². The number of rotatable bonds is 5. The second-order valence-corrected chi connectivity index (χ2v) is 3.50. The fourth-order valence-corrected chi connectivity index (χ4v) is 0.811. The molecule has 0 rings (SSSR count). The van der Waals surface area contributed by atoms with Gasteiger partial charge in [-0.25, -0.2) is 0 Å². The molecule has 0 unspecified atom stereocenters. The highest BCUT2D eigenvalue weighted by Gasteiger charge is 1.80. The molecule has 0 fully saturated rings. The van der Waals surface area contributed by atoms with Gasteiger partial charge in [-0.15, -0.1) is 0 Å². The minimum atomic E-state index is 0.719. The molecular formula is C14H18O. The molecule has 0 aliphatic carbocycles. The summed E-state index contributed by atoms with van der Waals surface area (Å²) in [5.41, 5.74) is 2.87. The molecule has 0 heterocycles. The summed E-state index contributed by atoms with van der Waals surface area (Å²) in [6.45, 7) is 9.49. The van der Waals surface area contributed by atoms with Crippen LogP contribution in [0.25, 0.3) is 0 Å². The molecule has 0 saturated carbocycles. The van der Waals surface area contributed by atoms with E-state index in [1.807, 2.05) is 44.2 Å². The Morgan fingerprint density at radius 3 is 2.00 bits per heavy atom. The number of hydrogen-bond acceptors (Lipinski definition) is 1. The van der Waals surface area contributed by atoms with Gasteiger partial charge >= 0.3 is 0 Å². The van der Waals surface area contributed by atoms with E-state index in [1.165, 1.54) is 0 Å². The first-order valence-electron chi connectivity index (χ1n) is 4.87. The van der Waals surface area contributed by atoms with Gasteiger partial charge in [-0.1, -0.05) is 54.2 Å². The van der Waals surface area contributed by atoms with Gasteiger partial charge in [0.25, 0.3) is 0 Å². The maximum absolute atomic E-state index is 10.3. The summed E-state index contributed by atoms with van der Waals surface area (Å²) in [5, 5.41) is 0. The van der Waals surface area contributed by atoms with Crippen LogP contribution in [0, 0.1) is 0 Å². The van der Waals surface area contributed by atoms with E-state index < -0.39 is 0 Å². The minimum absolute atomic E-state index is 0.719. The summed E-state index contributed by atoms with van der Waals surface area (Å²) in [5.74, 6) is 0. The number of aldehydes is 1. The van der Waals surface area contributed by atoms with Crippen LogP contribution in [-0.2, 0) is 4.79 Å². The van der Waals surface area contributed by atoms with E-state index in [9.17, 15) is 4.79 Å². The Hall–Kier alpha value is -1.63. The molecular weight excluding hydrogens is 184 g/mol. The van der Waals surface area contributed by atoms with Gasteiger partial charge in [0.2, 0.25) is 0 Å². The third kappa shape index (κ3) is 8.69. The quantitative estimate of drug-likeness (QED) is 0.377. The van der Waals surface area contributed by atoms with Crippen LogP contribution in [0.15, 0.2) is 59.8 Å². The van der Waals surface area contributed by atoms with Gasteiger partial charge in [0.15, 0.2) is 0 Å². The third-order valence-corrected chi connectivity index (χ3v) is 1.64. The summed E-state index contributed by atoms with van der Waals surface area (Å²) in [6.07, 6.45) is 12.3. The molecule has 0 saturated heterocycles. The normalized spacial score (nSPS) is 13.8. The monoisotopic (exact) mass is 202 g/mol. The summed E-state index contributed by atoms with van der Waals surface area (Å²) in [6, 6.07) is 0. The molecule has 0 radical (unpaired) electrons.